The van der Waals surface area contributed by atoms with Crippen molar-refractivity contribution in [2.45, 2.75) is 38.6 Å². The van der Waals surface area contributed by atoms with Gasteiger partial charge >= 0.3 is 0 Å². The molecule has 1 aliphatic heterocycles. The highest BCUT2D eigenvalue weighted by Crippen LogP contribution is 2.39. The molecule has 1 N–H and O–H groups in total. The molecule has 1 aromatic rings. The summed E-state index contributed by atoms with van der Waals surface area (Å²) in [6.45, 7) is 6.67. The zero-order valence-corrected chi connectivity index (χ0v) is 16.1. The van der Waals surface area contributed by atoms with Gasteiger partial charge in [0.1, 0.15) is 0 Å². The minimum Gasteiger partial charge on any atom is -0.493 e. The van der Waals surface area contributed by atoms with Crippen LogP contribution in [-0.2, 0) is 0 Å². The highest BCUT2D eigenvalue weighted by atomic mass is 79.9. The largest absolute Gasteiger partial charge is 0.493 e. The molecule has 0 bridgehead atoms. The van der Waals surface area contributed by atoms with Crippen LogP contribution in [0.4, 0.5) is 0 Å². The summed E-state index contributed by atoms with van der Waals surface area (Å²) in [7, 11) is 3.38. The third-order valence-corrected chi connectivity index (χ3v) is 5.20. The van der Waals surface area contributed by atoms with Gasteiger partial charge in [0.2, 0.25) is 0 Å². The number of unbranched alkanes of at least 4 members (excludes halogenated alkanes) is 1. The second-order valence-electron chi connectivity index (χ2n) is 6.03. The van der Waals surface area contributed by atoms with E-state index in [-0.39, 0.29) is 0 Å². The molecule has 0 spiro atoms. The van der Waals surface area contributed by atoms with E-state index in [2.05, 4.69) is 39.1 Å². The SMILES string of the molecule is CCCCC(c1cc(OC)c(OC)cc1Br)N1CCCNCC1. The molecule has 1 aliphatic rings. The van der Waals surface area contributed by atoms with Crippen LogP contribution in [0.3, 0.4) is 0 Å². The normalized spacial score (nSPS) is 17.6. The first kappa shape index (κ1) is 18.6. The number of hydrogen-bond acceptors (Lipinski definition) is 4. The third kappa shape index (κ3) is 4.85. The molecule has 1 fully saturated rings. The highest BCUT2D eigenvalue weighted by Gasteiger charge is 2.24. The zero-order chi connectivity index (χ0) is 16.7. The summed E-state index contributed by atoms with van der Waals surface area (Å²) in [5.41, 5.74) is 1.30. The van der Waals surface area contributed by atoms with Crippen molar-refractivity contribution in [2.75, 3.05) is 40.4 Å². The molecular formula is C18H29BrN2O2. The van der Waals surface area contributed by atoms with Crippen LogP contribution in [0, 0.1) is 0 Å². The van der Waals surface area contributed by atoms with E-state index in [4.69, 9.17) is 9.47 Å². The second-order valence-corrected chi connectivity index (χ2v) is 6.88. The Labute approximate surface area is 148 Å². The molecule has 1 atom stereocenters. The van der Waals surface area contributed by atoms with Gasteiger partial charge in [0.05, 0.1) is 14.2 Å². The van der Waals surface area contributed by atoms with E-state index in [9.17, 15) is 0 Å². The summed E-state index contributed by atoms with van der Waals surface area (Å²) < 4.78 is 12.0. The molecule has 4 nitrogen and oxygen atoms in total. The molecule has 0 amide bonds. The molecule has 130 valence electrons. The van der Waals surface area contributed by atoms with Crippen molar-refractivity contribution in [3.8, 4) is 11.5 Å². The topological polar surface area (TPSA) is 33.7 Å². The monoisotopic (exact) mass is 384 g/mol. The zero-order valence-electron chi connectivity index (χ0n) is 14.5. The maximum Gasteiger partial charge on any atom is 0.161 e. The maximum absolute atomic E-state index is 5.52. The quantitative estimate of drug-likeness (QED) is 0.770. The first-order chi connectivity index (χ1) is 11.2. The second kappa shape index (κ2) is 9.50. The van der Waals surface area contributed by atoms with Gasteiger partial charge in [0, 0.05) is 30.1 Å². The summed E-state index contributed by atoms with van der Waals surface area (Å²) in [4.78, 5) is 2.61. The summed E-state index contributed by atoms with van der Waals surface area (Å²) >= 11 is 3.75. The van der Waals surface area contributed by atoms with Crippen molar-refractivity contribution in [1.82, 2.24) is 10.2 Å². The van der Waals surface area contributed by atoms with Crippen LogP contribution in [0.15, 0.2) is 16.6 Å². The van der Waals surface area contributed by atoms with Gasteiger partial charge in [-0.05, 0) is 37.1 Å². The number of halogens is 1. The van der Waals surface area contributed by atoms with E-state index < -0.39 is 0 Å². The third-order valence-electron chi connectivity index (χ3n) is 4.51. The standard InChI is InChI=1S/C18H29BrN2O2/c1-4-5-7-16(21-10-6-8-20-9-11-21)14-12-17(22-2)18(23-3)13-15(14)19/h12-13,16,20H,4-11H2,1-3H3. The van der Waals surface area contributed by atoms with Crippen LogP contribution in [0.1, 0.15) is 44.2 Å². The minimum absolute atomic E-state index is 0.420. The van der Waals surface area contributed by atoms with Gasteiger partial charge in [-0.1, -0.05) is 35.7 Å². The fourth-order valence-electron chi connectivity index (χ4n) is 3.24. The Morgan fingerprint density at radius 3 is 2.61 bits per heavy atom. The van der Waals surface area contributed by atoms with Gasteiger partial charge < -0.3 is 14.8 Å². The van der Waals surface area contributed by atoms with E-state index in [0.717, 1.165) is 42.2 Å². The number of ether oxygens (including phenoxy) is 2. The smallest absolute Gasteiger partial charge is 0.161 e. The Hall–Kier alpha value is -0.780. The summed E-state index contributed by atoms with van der Waals surface area (Å²) in [6, 6.07) is 4.59. The van der Waals surface area contributed by atoms with Crippen molar-refractivity contribution in [2.24, 2.45) is 0 Å². The van der Waals surface area contributed by atoms with Crippen LogP contribution in [0.5, 0.6) is 11.5 Å². The predicted molar refractivity (Wildman–Crippen MR) is 98.6 cm³/mol. The molecule has 0 radical (unpaired) electrons. The average Bonchev–Trinajstić information content (AvgIpc) is 2.85. The van der Waals surface area contributed by atoms with Crippen LogP contribution in [-0.4, -0.2) is 45.3 Å². The lowest BCUT2D eigenvalue weighted by Crippen LogP contribution is -2.32. The van der Waals surface area contributed by atoms with Crippen molar-refractivity contribution in [1.29, 1.82) is 0 Å². The van der Waals surface area contributed by atoms with E-state index in [1.165, 1.54) is 31.2 Å². The molecule has 0 aliphatic carbocycles. The molecular weight excluding hydrogens is 356 g/mol. The number of nitrogens with one attached hydrogen (secondary N) is 1. The van der Waals surface area contributed by atoms with Gasteiger partial charge in [-0.3, -0.25) is 4.90 Å². The van der Waals surface area contributed by atoms with E-state index in [1.54, 1.807) is 14.2 Å². The van der Waals surface area contributed by atoms with Gasteiger partial charge in [-0.25, -0.2) is 0 Å². The van der Waals surface area contributed by atoms with Crippen LogP contribution < -0.4 is 14.8 Å². The van der Waals surface area contributed by atoms with Gasteiger partial charge in [0.25, 0.3) is 0 Å². The molecule has 0 aromatic heterocycles. The lowest BCUT2D eigenvalue weighted by atomic mass is 9.98. The number of methoxy groups -OCH3 is 2. The number of rotatable bonds is 7. The lowest BCUT2D eigenvalue weighted by molar-refractivity contribution is 0.196. The number of benzene rings is 1. The molecule has 23 heavy (non-hydrogen) atoms. The van der Waals surface area contributed by atoms with Crippen LogP contribution in [0.25, 0.3) is 0 Å². The fourth-order valence-corrected chi connectivity index (χ4v) is 3.82. The van der Waals surface area contributed by atoms with E-state index >= 15 is 0 Å². The molecule has 0 saturated carbocycles. The van der Waals surface area contributed by atoms with Crippen molar-refractivity contribution >= 4 is 15.9 Å². The Kier molecular flexibility index (Phi) is 7.66. The maximum atomic E-state index is 5.52. The molecule has 1 heterocycles. The molecule has 1 aromatic carbocycles. The number of nitrogens with zero attached hydrogens (tertiary/aromatic N) is 1. The Balaban J connectivity index is 2.33. The highest BCUT2D eigenvalue weighted by molar-refractivity contribution is 9.10. The Bertz CT molecular complexity index is 488. The van der Waals surface area contributed by atoms with Crippen LogP contribution >= 0.6 is 15.9 Å². The fraction of sp³-hybridized carbons (Fsp3) is 0.667. The van der Waals surface area contributed by atoms with E-state index in [1.807, 2.05) is 6.07 Å². The van der Waals surface area contributed by atoms with Crippen molar-refractivity contribution in [3.05, 3.63) is 22.2 Å². The first-order valence-electron chi connectivity index (χ1n) is 8.57. The molecule has 5 heteroatoms. The summed E-state index contributed by atoms with van der Waals surface area (Å²) in [5.74, 6) is 1.58. The van der Waals surface area contributed by atoms with Crippen molar-refractivity contribution < 1.29 is 9.47 Å². The summed E-state index contributed by atoms with van der Waals surface area (Å²) in [6.07, 6.45) is 4.82. The van der Waals surface area contributed by atoms with Gasteiger partial charge in [-0.15, -0.1) is 0 Å². The molecule has 2 rings (SSSR count). The van der Waals surface area contributed by atoms with Crippen LogP contribution in [0.2, 0.25) is 0 Å². The van der Waals surface area contributed by atoms with Gasteiger partial charge in [-0.2, -0.15) is 0 Å². The minimum atomic E-state index is 0.420. The predicted octanol–water partition coefficient (Wildman–Crippen LogP) is 3.99. The molecule has 1 unspecified atom stereocenters. The Morgan fingerprint density at radius 2 is 1.91 bits per heavy atom. The summed E-state index contributed by atoms with van der Waals surface area (Å²) in [5, 5.41) is 3.50. The molecule has 1 saturated heterocycles. The lowest BCUT2D eigenvalue weighted by Gasteiger charge is -2.32. The van der Waals surface area contributed by atoms with E-state index in [0.29, 0.717) is 6.04 Å². The average molecular weight is 385 g/mol. The number of hydrogen-bond donors (Lipinski definition) is 1. The first-order valence-corrected chi connectivity index (χ1v) is 9.36. The van der Waals surface area contributed by atoms with Gasteiger partial charge in [0.15, 0.2) is 11.5 Å². The Morgan fingerprint density at radius 1 is 1.17 bits per heavy atom. The van der Waals surface area contributed by atoms with Crippen molar-refractivity contribution in [3.63, 3.8) is 0 Å².